The summed E-state index contributed by atoms with van der Waals surface area (Å²) >= 11 is 0. The molecule has 33 heavy (non-hydrogen) atoms. The molecule has 3 rings (SSSR count). The molecule has 4 nitrogen and oxygen atoms in total. The van der Waals surface area contributed by atoms with Crippen LogP contribution in [0.25, 0.3) is 16.6 Å². The summed E-state index contributed by atoms with van der Waals surface area (Å²) in [6.07, 6.45) is 5.44. The number of rotatable bonds is 5. The molecule has 168 valence electrons. The number of benzene rings is 2. The number of hydrogen-bond donors (Lipinski definition) is 0. The van der Waals surface area contributed by atoms with Crippen molar-refractivity contribution in [3.63, 3.8) is 0 Å². The van der Waals surface area contributed by atoms with Crippen LogP contribution in [0, 0.1) is 23.6 Å². The van der Waals surface area contributed by atoms with Gasteiger partial charge in [-0.2, -0.15) is 0 Å². The largest absolute Gasteiger partial charge is 0.282 e. The van der Waals surface area contributed by atoms with Gasteiger partial charge in [-0.25, -0.2) is 9.37 Å². The van der Waals surface area contributed by atoms with Crippen LogP contribution >= 0.6 is 0 Å². The molecule has 2 atom stereocenters. The second-order valence-electron chi connectivity index (χ2n) is 7.76. The van der Waals surface area contributed by atoms with Gasteiger partial charge in [-0.1, -0.05) is 48.3 Å². The Morgan fingerprint density at radius 3 is 2.52 bits per heavy atom. The first-order valence-electron chi connectivity index (χ1n) is 11.0. The van der Waals surface area contributed by atoms with E-state index in [1.54, 1.807) is 24.3 Å². The molecule has 0 radical (unpaired) electrons. The molecule has 0 aliphatic carbocycles. The van der Waals surface area contributed by atoms with Crippen molar-refractivity contribution in [1.29, 1.82) is 0 Å². The first-order chi connectivity index (χ1) is 15.9. The van der Waals surface area contributed by atoms with E-state index >= 15 is 0 Å². The van der Waals surface area contributed by atoms with Crippen molar-refractivity contribution >= 4 is 22.3 Å². The minimum Gasteiger partial charge on any atom is -0.282 e. The summed E-state index contributed by atoms with van der Waals surface area (Å²) in [5.74, 6) is 6.19. The SMILES string of the molecule is CC=CC(=CC)n1c(C(C)N=C(C)C(C)C#Cc2ccccc2)nc2cccc(F)c2c1=O. The Hall–Kier alpha value is -3.78. The molecule has 3 aromatic rings. The van der Waals surface area contributed by atoms with Gasteiger partial charge in [0.1, 0.15) is 23.1 Å². The molecule has 0 saturated carbocycles. The van der Waals surface area contributed by atoms with Gasteiger partial charge in [0.05, 0.1) is 11.4 Å². The third-order valence-corrected chi connectivity index (χ3v) is 5.37. The van der Waals surface area contributed by atoms with Gasteiger partial charge in [0.25, 0.3) is 5.56 Å². The van der Waals surface area contributed by atoms with Crippen molar-refractivity contribution in [2.45, 2.75) is 40.7 Å². The number of fused-ring (bicyclic) bond motifs is 1. The van der Waals surface area contributed by atoms with E-state index in [-0.39, 0.29) is 11.3 Å². The predicted molar refractivity (Wildman–Crippen MR) is 135 cm³/mol. The molecule has 2 aromatic carbocycles. The van der Waals surface area contributed by atoms with E-state index in [4.69, 9.17) is 4.99 Å². The van der Waals surface area contributed by atoms with Crippen molar-refractivity contribution in [3.05, 3.63) is 94.3 Å². The Morgan fingerprint density at radius 2 is 1.85 bits per heavy atom. The fraction of sp³-hybridized carbons (Fsp3) is 0.250. The second kappa shape index (κ2) is 10.7. The first kappa shape index (κ1) is 23.9. The Bertz CT molecular complexity index is 1350. The van der Waals surface area contributed by atoms with Gasteiger partial charge in [0.15, 0.2) is 0 Å². The van der Waals surface area contributed by atoms with Crippen LogP contribution in [0.3, 0.4) is 0 Å². The summed E-state index contributed by atoms with van der Waals surface area (Å²) in [4.78, 5) is 22.8. The number of aliphatic imine (C=N–C) groups is 1. The quantitative estimate of drug-likeness (QED) is 0.270. The fourth-order valence-corrected chi connectivity index (χ4v) is 3.50. The molecule has 0 aliphatic rings. The molecule has 0 fully saturated rings. The van der Waals surface area contributed by atoms with Crippen LogP contribution in [0.1, 0.15) is 52.0 Å². The lowest BCUT2D eigenvalue weighted by Crippen LogP contribution is -2.26. The molecule has 1 aromatic heterocycles. The lowest BCUT2D eigenvalue weighted by molar-refractivity contribution is 0.634. The normalized spacial score (nSPS) is 14.2. The van der Waals surface area contributed by atoms with Crippen LogP contribution in [-0.2, 0) is 0 Å². The predicted octanol–water partition coefficient (Wildman–Crippen LogP) is 6.18. The average molecular weight is 442 g/mol. The maximum Gasteiger partial charge on any atom is 0.269 e. The highest BCUT2D eigenvalue weighted by atomic mass is 19.1. The van der Waals surface area contributed by atoms with E-state index in [0.717, 1.165) is 11.3 Å². The molecule has 0 amide bonds. The summed E-state index contributed by atoms with van der Waals surface area (Å²) in [6, 6.07) is 13.8. The van der Waals surface area contributed by atoms with Crippen LogP contribution in [0.2, 0.25) is 0 Å². The van der Waals surface area contributed by atoms with Crippen LogP contribution in [-0.4, -0.2) is 15.3 Å². The van der Waals surface area contributed by atoms with Crippen LogP contribution in [0.15, 0.2) is 76.5 Å². The Labute approximate surface area is 194 Å². The summed E-state index contributed by atoms with van der Waals surface area (Å²) in [7, 11) is 0. The number of nitrogens with zero attached hydrogens (tertiary/aromatic N) is 3. The highest BCUT2D eigenvalue weighted by Crippen LogP contribution is 2.22. The van der Waals surface area contributed by atoms with Gasteiger partial charge in [-0.05, 0) is 65.0 Å². The Balaban J connectivity index is 2.10. The summed E-state index contributed by atoms with van der Waals surface area (Å²) < 4.78 is 16.0. The molecule has 0 bridgehead atoms. The van der Waals surface area contributed by atoms with Crippen molar-refractivity contribution in [3.8, 4) is 11.8 Å². The van der Waals surface area contributed by atoms with Crippen molar-refractivity contribution < 1.29 is 4.39 Å². The summed E-state index contributed by atoms with van der Waals surface area (Å²) in [5, 5.41) is -0.0277. The van der Waals surface area contributed by atoms with E-state index in [1.807, 2.05) is 71.0 Å². The maximum atomic E-state index is 14.5. The third kappa shape index (κ3) is 5.35. The average Bonchev–Trinajstić information content (AvgIpc) is 2.81. The molecule has 0 spiro atoms. The van der Waals surface area contributed by atoms with Gasteiger partial charge < -0.3 is 0 Å². The molecule has 0 saturated heterocycles. The van der Waals surface area contributed by atoms with Gasteiger partial charge >= 0.3 is 0 Å². The van der Waals surface area contributed by atoms with E-state index in [1.165, 1.54) is 10.6 Å². The minimum absolute atomic E-state index is 0.0277. The van der Waals surface area contributed by atoms with Gasteiger partial charge in [-0.15, -0.1) is 0 Å². The van der Waals surface area contributed by atoms with Gasteiger partial charge in [0, 0.05) is 17.0 Å². The van der Waals surface area contributed by atoms with Crippen LogP contribution < -0.4 is 5.56 Å². The number of halogens is 1. The number of aromatic nitrogens is 2. The highest BCUT2D eigenvalue weighted by molar-refractivity contribution is 5.87. The molecule has 2 unspecified atom stereocenters. The molecule has 1 heterocycles. The van der Waals surface area contributed by atoms with E-state index < -0.39 is 17.4 Å². The summed E-state index contributed by atoms with van der Waals surface area (Å²) in [5.41, 5.74) is 2.27. The Kier molecular flexibility index (Phi) is 7.74. The highest BCUT2D eigenvalue weighted by Gasteiger charge is 2.20. The third-order valence-electron chi connectivity index (χ3n) is 5.37. The molecule has 0 aliphatic heterocycles. The first-order valence-corrected chi connectivity index (χ1v) is 11.0. The zero-order valence-electron chi connectivity index (χ0n) is 19.6. The maximum absolute atomic E-state index is 14.5. The minimum atomic E-state index is -0.585. The fourth-order valence-electron chi connectivity index (χ4n) is 3.50. The van der Waals surface area contributed by atoms with Gasteiger partial charge in [-0.3, -0.25) is 14.4 Å². The molecular formula is C28H28FN3O. The van der Waals surface area contributed by atoms with Crippen molar-refractivity contribution in [1.82, 2.24) is 9.55 Å². The van der Waals surface area contributed by atoms with Crippen molar-refractivity contribution in [2.24, 2.45) is 10.9 Å². The lowest BCUT2D eigenvalue weighted by atomic mass is 10.1. The van der Waals surface area contributed by atoms with Crippen LogP contribution in [0.4, 0.5) is 4.39 Å². The van der Waals surface area contributed by atoms with E-state index in [2.05, 4.69) is 16.8 Å². The lowest BCUT2D eigenvalue weighted by Gasteiger charge is -2.18. The zero-order chi connectivity index (χ0) is 24.0. The topological polar surface area (TPSA) is 47.2 Å². The molecular weight excluding hydrogens is 413 g/mol. The molecule has 5 heteroatoms. The Morgan fingerprint density at radius 1 is 1.12 bits per heavy atom. The van der Waals surface area contributed by atoms with E-state index in [0.29, 0.717) is 17.0 Å². The van der Waals surface area contributed by atoms with E-state index in [9.17, 15) is 9.18 Å². The standard InChI is InChI=1S/C28H28FN3O/c1-6-12-23(7-2)32-27(31-25-16-11-15-24(29)26(25)28(32)33)21(5)30-20(4)19(3)17-18-22-13-9-8-10-14-22/h6-16,19,21H,1-5H3. The molecule has 0 N–H and O–H groups in total. The second-order valence-corrected chi connectivity index (χ2v) is 7.76. The van der Waals surface area contributed by atoms with Crippen molar-refractivity contribution in [2.75, 3.05) is 0 Å². The number of allylic oxidation sites excluding steroid dienone is 4. The monoisotopic (exact) mass is 441 g/mol. The smallest absolute Gasteiger partial charge is 0.269 e. The number of hydrogen-bond acceptors (Lipinski definition) is 3. The zero-order valence-corrected chi connectivity index (χ0v) is 19.6. The van der Waals surface area contributed by atoms with Gasteiger partial charge in [0.2, 0.25) is 0 Å². The summed E-state index contributed by atoms with van der Waals surface area (Å²) in [6.45, 7) is 9.49. The van der Waals surface area contributed by atoms with Crippen LogP contribution in [0.5, 0.6) is 0 Å².